The topological polar surface area (TPSA) is 57.6 Å². The van der Waals surface area contributed by atoms with Crippen molar-refractivity contribution < 1.29 is 14.7 Å². The van der Waals surface area contributed by atoms with Crippen LogP contribution in [0, 0.1) is 0 Å². The van der Waals surface area contributed by atoms with E-state index in [9.17, 15) is 14.7 Å². The molecular weight excluding hydrogens is 302 g/mol. The Labute approximate surface area is 141 Å². The lowest BCUT2D eigenvalue weighted by Crippen LogP contribution is -2.41. The number of benzene rings is 2. The van der Waals surface area contributed by atoms with Crippen LogP contribution in [0.25, 0.3) is 0 Å². The standard InChI is InChI=1S/C20H21NO3/c1-21(17-11-10-14-6-2-3-7-15(14)12-17)19(22)13-16-8-4-5-9-18(16)20(23)24/h2-9,17H,10-13H2,1H3,(H,23,24). The number of likely N-dealkylation sites (N-methyl/N-ethyl adjacent to an activating group) is 1. The zero-order valence-corrected chi connectivity index (χ0v) is 13.7. The number of fused-ring (bicyclic) bond motifs is 1. The van der Waals surface area contributed by atoms with E-state index in [1.54, 1.807) is 29.2 Å². The predicted molar refractivity (Wildman–Crippen MR) is 92.1 cm³/mol. The van der Waals surface area contributed by atoms with Crippen molar-refractivity contribution in [1.29, 1.82) is 0 Å². The highest BCUT2D eigenvalue weighted by Gasteiger charge is 2.25. The number of carboxylic acid groups (broad SMARTS) is 1. The summed E-state index contributed by atoms with van der Waals surface area (Å²) >= 11 is 0. The number of amides is 1. The number of rotatable bonds is 4. The van der Waals surface area contributed by atoms with Gasteiger partial charge >= 0.3 is 5.97 Å². The lowest BCUT2D eigenvalue weighted by Gasteiger charge is -2.32. The van der Waals surface area contributed by atoms with Gasteiger partial charge in [0, 0.05) is 13.1 Å². The van der Waals surface area contributed by atoms with Crippen LogP contribution in [-0.4, -0.2) is 35.0 Å². The molecule has 0 aromatic heterocycles. The van der Waals surface area contributed by atoms with Gasteiger partial charge in [0.25, 0.3) is 0 Å². The minimum absolute atomic E-state index is 0.0342. The third-order valence-corrected chi connectivity index (χ3v) is 4.85. The summed E-state index contributed by atoms with van der Waals surface area (Å²) in [4.78, 5) is 25.7. The van der Waals surface area contributed by atoms with Gasteiger partial charge in [-0.15, -0.1) is 0 Å². The minimum atomic E-state index is -0.993. The van der Waals surface area contributed by atoms with Crippen molar-refractivity contribution in [3.8, 4) is 0 Å². The third-order valence-electron chi connectivity index (χ3n) is 4.85. The van der Waals surface area contributed by atoms with Gasteiger partial charge in [0.05, 0.1) is 12.0 Å². The molecule has 0 aliphatic heterocycles. The van der Waals surface area contributed by atoms with Gasteiger partial charge in [-0.25, -0.2) is 4.79 Å². The lowest BCUT2D eigenvalue weighted by molar-refractivity contribution is -0.131. The van der Waals surface area contributed by atoms with Crippen LogP contribution in [0.1, 0.15) is 33.5 Å². The zero-order chi connectivity index (χ0) is 17.1. The lowest BCUT2D eigenvalue weighted by atomic mass is 9.87. The average Bonchev–Trinajstić information content (AvgIpc) is 2.61. The summed E-state index contributed by atoms with van der Waals surface area (Å²) in [5, 5.41) is 9.25. The molecule has 0 saturated heterocycles. The Morgan fingerprint density at radius 2 is 1.75 bits per heavy atom. The molecule has 1 atom stereocenters. The van der Waals surface area contributed by atoms with E-state index in [2.05, 4.69) is 18.2 Å². The first kappa shape index (κ1) is 16.2. The van der Waals surface area contributed by atoms with Crippen molar-refractivity contribution in [2.75, 3.05) is 7.05 Å². The van der Waals surface area contributed by atoms with Crippen LogP contribution in [0.3, 0.4) is 0 Å². The normalized spacial score (nSPS) is 16.3. The van der Waals surface area contributed by atoms with Gasteiger partial charge in [0.1, 0.15) is 0 Å². The highest BCUT2D eigenvalue weighted by molar-refractivity contribution is 5.91. The molecule has 1 unspecified atom stereocenters. The Morgan fingerprint density at radius 1 is 1.08 bits per heavy atom. The Kier molecular flexibility index (Phi) is 4.65. The van der Waals surface area contributed by atoms with Crippen LogP contribution < -0.4 is 0 Å². The van der Waals surface area contributed by atoms with Gasteiger partial charge in [0.15, 0.2) is 0 Å². The molecular formula is C20H21NO3. The molecule has 1 N–H and O–H groups in total. The first-order valence-electron chi connectivity index (χ1n) is 8.20. The van der Waals surface area contributed by atoms with E-state index in [1.807, 2.05) is 13.1 Å². The molecule has 1 aliphatic carbocycles. The first-order valence-corrected chi connectivity index (χ1v) is 8.20. The Bertz CT molecular complexity index is 769. The number of carboxylic acids is 1. The molecule has 24 heavy (non-hydrogen) atoms. The van der Waals surface area contributed by atoms with Crippen LogP contribution >= 0.6 is 0 Å². The summed E-state index contributed by atoms with van der Waals surface area (Å²) in [7, 11) is 1.82. The van der Waals surface area contributed by atoms with Gasteiger partial charge < -0.3 is 10.0 Å². The maximum atomic E-state index is 12.6. The molecule has 0 fully saturated rings. The van der Waals surface area contributed by atoms with Gasteiger partial charge in [0.2, 0.25) is 5.91 Å². The molecule has 0 heterocycles. The second kappa shape index (κ2) is 6.87. The maximum Gasteiger partial charge on any atom is 0.335 e. The number of nitrogens with zero attached hydrogens (tertiary/aromatic N) is 1. The number of hydrogen-bond donors (Lipinski definition) is 1. The smallest absolute Gasteiger partial charge is 0.335 e. The van der Waals surface area contributed by atoms with Crippen LogP contribution in [0.4, 0.5) is 0 Å². The van der Waals surface area contributed by atoms with Crippen molar-refractivity contribution in [2.45, 2.75) is 31.7 Å². The molecule has 0 radical (unpaired) electrons. The number of aromatic carboxylic acids is 1. The minimum Gasteiger partial charge on any atom is -0.478 e. The van der Waals surface area contributed by atoms with E-state index in [-0.39, 0.29) is 23.9 Å². The second-order valence-corrected chi connectivity index (χ2v) is 6.31. The summed E-state index contributed by atoms with van der Waals surface area (Å²) in [6.45, 7) is 0. The van der Waals surface area contributed by atoms with E-state index < -0.39 is 5.97 Å². The molecule has 4 nitrogen and oxygen atoms in total. The molecule has 3 rings (SSSR count). The number of hydrogen-bond acceptors (Lipinski definition) is 2. The van der Waals surface area contributed by atoms with Crippen LogP contribution in [0.5, 0.6) is 0 Å². The van der Waals surface area contributed by atoms with E-state index in [4.69, 9.17) is 0 Å². The first-order chi connectivity index (χ1) is 11.6. The third kappa shape index (κ3) is 3.32. The van der Waals surface area contributed by atoms with Crippen molar-refractivity contribution in [3.05, 3.63) is 70.8 Å². The molecule has 4 heteroatoms. The van der Waals surface area contributed by atoms with Crippen molar-refractivity contribution >= 4 is 11.9 Å². The SMILES string of the molecule is CN(C(=O)Cc1ccccc1C(=O)O)C1CCc2ccccc2C1. The summed E-state index contributed by atoms with van der Waals surface area (Å²) in [6, 6.07) is 15.2. The van der Waals surface area contributed by atoms with E-state index in [0.717, 1.165) is 19.3 Å². The molecule has 2 aromatic carbocycles. The van der Waals surface area contributed by atoms with Crippen molar-refractivity contribution in [3.63, 3.8) is 0 Å². The summed E-state index contributed by atoms with van der Waals surface area (Å²) < 4.78 is 0. The highest BCUT2D eigenvalue weighted by atomic mass is 16.4. The molecule has 0 spiro atoms. The molecule has 1 amide bonds. The Morgan fingerprint density at radius 3 is 2.50 bits per heavy atom. The highest BCUT2D eigenvalue weighted by Crippen LogP contribution is 2.24. The summed E-state index contributed by atoms with van der Waals surface area (Å²) in [5.41, 5.74) is 3.44. The summed E-state index contributed by atoms with van der Waals surface area (Å²) in [6.07, 6.45) is 2.90. The average molecular weight is 323 g/mol. The molecule has 2 aromatic rings. The largest absolute Gasteiger partial charge is 0.478 e. The van der Waals surface area contributed by atoms with E-state index >= 15 is 0 Å². The molecule has 0 bridgehead atoms. The van der Waals surface area contributed by atoms with Crippen molar-refractivity contribution in [1.82, 2.24) is 4.90 Å². The van der Waals surface area contributed by atoms with Gasteiger partial charge in [-0.2, -0.15) is 0 Å². The molecule has 0 saturated carbocycles. The van der Waals surface area contributed by atoms with E-state index in [1.165, 1.54) is 11.1 Å². The van der Waals surface area contributed by atoms with Gasteiger partial charge in [-0.1, -0.05) is 42.5 Å². The Hall–Kier alpha value is -2.62. The monoisotopic (exact) mass is 323 g/mol. The van der Waals surface area contributed by atoms with Crippen molar-refractivity contribution in [2.24, 2.45) is 0 Å². The fraction of sp³-hybridized carbons (Fsp3) is 0.300. The number of carbonyl (C=O) groups is 2. The van der Waals surface area contributed by atoms with E-state index in [0.29, 0.717) is 5.56 Å². The second-order valence-electron chi connectivity index (χ2n) is 6.31. The fourth-order valence-electron chi connectivity index (χ4n) is 3.38. The predicted octanol–water partition coefficient (Wildman–Crippen LogP) is 2.94. The number of carbonyl (C=O) groups excluding carboxylic acids is 1. The molecule has 1 aliphatic rings. The van der Waals surface area contributed by atoms with Gasteiger partial charge in [-0.05, 0) is 42.0 Å². The number of aryl methyl sites for hydroxylation is 1. The maximum absolute atomic E-state index is 12.6. The van der Waals surface area contributed by atoms with Gasteiger partial charge in [-0.3, -0.25) is 4.79 Å². The molecule has 124 valence electrons. The Balaban J connectivity index is 1.71. The van der Waals surface area contributed by atoms with Crippen LogP contribution in [-0.2, 0) is 24.1 Å². The zero-order valence-electron chi connectivity index (χ0n) is 13.7. The fourth-order valence-corrected chi connectivity index (χ4v) is 3.38. The van der Waals surface area contributed by atoms with Crippen LogP contribution in [0.2, 0.25) is 0 Å². The summed E-state index contributed by atoms with van der Waals surface area (Å²) in [5.74, 6) is -1.03. The quantitative estimate of drug-likeness (QED) is 0.941. The van der Waals surface area contributed by atoms with Crippen LogP contribution in [0.15, 0.2) is 48.5 Å².